The van der Waals surface area contributed by atoms with E-state index in [0.29, 0.717) is 0 Å². The topological polar surface area (TPSA) is 58.4 Å². The number of nitrogens with two attached hydrogens (primary N) is 1. The average molecular weight is 185 g/mol. The molecule has 76 valence electrons. The minimum absolute atomic E-state index is 0.111. The van der Waals surface area contributed by atoms with Crippen LogP contribution in [-0.4, -0.2) is 31.1 Å². The molecule has 13 heavy (non-hydrogen) atoms. The molecule has 1 saturated carbocycles. The molecule has 0 aromatic rings. The van der Waals surface area contributed by atoms with E-state index < -0.39 is 0 Å². The van der Waals surface area contributed by atoms with Crippen molar-refractivity contribution in [1.82, 2.24) is 10.4 Å². The molecule has 1 rings (SSSR count). The van der Waals surface area contributed by atoms with Gasteiger partial charge in [0.2, 0.25) is 5.91 Å². The van der Waals surface area contributed by atoms with Gasteiger partial charge < -0.3 is 5.73 Å². The first-order valence-corrected chi connectivity index (χ1v) is 4.83. The third-order valence-corrected chi connectivity index (χ3v) is 2.42. The number of hydrazine groups is 1. The second-order valence-electron chi connectivity index (χ2n) is 3.99. The highest BCUT2D eigenvalue weighted by Crippen LogP contribution is 2.22. The predicted octanol–water partition coefficient (Wildman–Crippen LogP) is 0.0967. The maximum atomic E-state index is 11.5. The van der Waals surface area contributed by atoms with Crippen LogP contribution in [0, 0.1) is 5.92 Å². The highest BCUT2D eigenvalue weighted by atomic mass is 16.2. The summed E-state index contributed by atoms with van der Waals surface area (Å²) >= 11 is 0. The van der Waals surface area contributed by atoms with E-state index in [4.69, 9.17) is 5.73 Å². The van der Waals surface area contributed by atoms with Gasteiger partial charge in [-0.05, 0) is 19.3 Å². The van der Waals surface area contributed by atoms with E-state index in [9.17, 15) is 4.79 Å². The molecule has 0 heterocycles. The van der Waals surface area contributed by atoms with Gasteiger partial charge in [0.15, 0.2) is 0 Å². The van der Waals surface area contributed by atoms with E-state index in [2.05, 4.69) is 5.43 Å². The van der Waals surface area contributed by atoms with Crippen molar-refractivity contribution >= 4 is 5.91 Å². The molecule has 1 fully saturated rings. The van der Waals surface area contributed by atoms with Crippen molar-refractivity contribution in [1.29, 1.82) is 0 Å². The Morgan fingerprint density at radius 1 is 1.46 bits per heavy atom. The van der Waals surface area contributed by atoms with Crippen molar-refractivity contribution in [2.45, 2.75) is 31.7 Å². The van der Waals surface area contributed by atoms with Crippen LogP contribution in [-0.2, 0) is 4.79 Å². The molecule has 0 aromatic heterocycles. The minimum atomic E-state index is 0.111. The third-order valence-electron chi connectivity index (χ3n) is 2.42. The van der Waals surface area contributed by atoms with Gasteiger partial charge >= 0.3 is 0 Å². The molecule has 0 saturated heterocycles. The Kier molecular flexibility index (Phi) is 3.69. The molecule has 2 atom stereocenters. The number of rotatable bonds is 2. The summed E-state index contributed by atoms with van der Waals surface area (Å²) in [5.41, 5.74) is 8.57. The van der Waals surface area contributed by atoms with Crippen LogP contribution in [0.2, 0.25) is 0 Å². The van der Waals surface area contributed by atoms with Crippen LogP contribution < -0.4 is 11.2 Å². The molecule has 0 aromatic carbocycles. The lowest BCUT2D eigenvalue weighted by Crippen LogP contribution is -2.43. The molecule has 1 aliphatic carbocycles. The van der Waals surface area contributed by atoms with E-state index in [1.54, 1.807) is 5.01 Å². The van der Waals surface area contributed by atoms with Crippen molar-refractivity contribution in [3.63, 3.8) is 0 Å². The van der Waals surface area contributed by atoms with Crippen molar-refractivity contribution in [2.24, 2.45) is 11.7 Å². The van der Waals surface area contributed by atoms with Gasteiger partial charge in [-0.25, -0.2) is 5.01 Å². The summed E-state index contributed by atoms with van der Waals surface area (Å²) in [5, 5.41) is 1.68. The number of nitrogens with one attached hydrogen (secondary N) is 1. The molecular formula is C9H19N3O. The zero-order valence-corrected chi connectivity index (χ0v) is 8.42. The minimum Gasteiger partial charge on any atom is -0.328 e. The van der Waals surface area contributed by atoms with Crippen LogP contribution >= 0.6 is 0 Å². The van der Waals surface area contributed by atoms with Crippen LogP contribution in [0.4, 0.5) is 0 Å². The van der Waals surface area contributed by atoms with Crippen molar-refractivity contribution in [3.05, 3.63) is 0 Å². The molecule has 1 amide bonds. The van der Waals surface area contributed by atoms with Crippen LogP contribution in [0.15, 0.2) is 0 Å². The van der Waals surface area contributed by atoms with Crippen molar-refractivity contribution in [3.8, 4) is 0 Å². The summed E-state index contributed by atoms with van der Waals surface area (Å²) in [6.07, 6.45) is 3.95. The normalized spacial score (nSPS) is 28.9. The molecule has 3 N–H and O–H groups in total. The number of carbonyl (C=O) groups excluding carboxylic acids is 1. The summed E-state index contributed by atoms with van der Waals surface area (Å²) in [6.45, 7) is 0. The summed E-state index contributed by atoms with van der Waals surface area (Å²) in [4.78, 5) is 11.5. The molecule has 1 aliphatic rings. The molecule has 4 nitrogen and oxygen atoms in total. The Morgan fingerprint density at radius 2 is 2.15 bits per heavy atom. The first-order chi connectivity index (χ1) is 6.09. The average Bonchev–Trinajstić information content (AvgIpc) is 2.03. The fourth-order valence-corrected chi connectivity index (χ4v) is 1.78. The Hall–Kier alpha value is -0.610. The fourth-order valence-electron chi connectivity index (χ4n) is 1.78. The quantitative estimate of drug-likeness (QED) is 0.600. The SMILES string of the molecule is CN(C)NC(=O)C1CCCC(N)C1. The molecule has 0 aliphatic heterocycles. The van der Waals surface area contributed by atoms with Crippen molar-refractivity contribution in [2.75, 3.05) is 14.1 Å². The second-order valence-corrected chi connectivity index (χ2v) is 3.99. The van der Waals surface area contributed by atoms with Gasteiger partial charge in [-0.15, -0.1) is 0 Å². The van der Waals surface area contributed by atoms with Gasteiger partial charge in [0.1, 0.15) is 0 Å². The lowest BCUT2D eigenvalue weighted by molar-refractivity contribution is -0.130. The largest absolute Gasteiger partial charge is 0.328 e. The van der Waals surface area contributed by atoms with Gasteiger partial charge in [-0.1, -0.05) is 6.42 Å². The Morgan fingerprint density at radius 3 is 2.69 bits per heavy atom. The lowest BCUT2D eigenvalue weighted by atomic mass is 9.86. The van der Waals surface area contributed by atoms with E-state index in [1.807, 2.05) is 14.1 Å². The molecular weight excluding hydrogens is 166 g/mol. The molecule has 2 unspecified atom stereocenters. The maximum Gasteiger partial charge on any atom is 0.237 e. The van der Waals surface area contributed by atoms with E-state index in [-0.39, 0.29) is 17.9 Å². The molecule has 0 radical (unpaired) electrons. The first-order valence-electron chi connectivity index (χ1n) is 4.83. The van der Waals surface area contributed by atoms with Crippen molar-refractivity contribution < 1.29 is 4.79 Å². The summed E-state index contributed by atoms with van der Waals surface area (Å²) in [7, 11) is 3.64. The van der Waals surface area contributed by atoms with Gasteiger partial charge in [0.25, 0.3) is 0 Å². The standard InChI is InChI=1S/C9H19N3O/c1-12(2)11-9(13)7-4-3-5-8(10)6-7/h7-8H,3-6,10H2,1-2H3,(H,11,13). The van der Waals surface area contributed by atoms with Gasteiger partial charge in [0, 0.05) is 26.1 Å². The Balaban J connectivity index is 2.37. The van der Waals surface area contributed by atoms with E-state index in [0.717, 1.165) is 25.7 Å². The van der Waals surface area contributed by atoms with Gasteiger partial charge in [0.05, 0.1) is 0 Å². The monoisotopic (exact) mass is 185 g/mol. The van der Waals surface area contributed by atoms with Crippen LogP contribution in [0.3, 0.4) is 0 Å². The Labute approximate surface area is 79.4 Å². The van der Waals surface area contributed by atoms with E-state index >= 15 is 0 Å². The maximum absolute atomic E-state index is 11.5. The highest BCUT2D eigenvalue weighted by Gasteiger charge is 2.25. The van der Waals surface area contributed by atoms with E-state index in [1.165, 1.54) is 0 Å². The number of hydrogen-bond acceptors (Lipinski definition) is 3. The number of carbonyl (C=O) groups is 1. The van der Waals surface area contributed by atoms with Crippen LogP contribution in [0.25, 0.3) is 0 Å². The predicted molar refractivity (Wildman–Crippen MR) is 51.8 cm³/mol. The third kappa shape index (κ3) is 3.32. The van der Waals surface area contributed by atoms with Gasteiger partial charge in [-0.2, -0.15) is 0 Å². The number of hydrogen-bond donors (Lipinski definition) is 2. The highest BCUT2D eigenvalue weighted by molar-refractivity contribution is 5.78. The van der Waals surface area contributed by atoms with Crippen LogP contribution in [0.1, 0.15) is 25.7 Å². The smallest absolute Gasteiger partial charge is 0.237 e. The zero-order valence-electron chi connectivity index (χ0n) is 8.42. The first kappa shape index (κ1) is 10.5. The summed E-state index contributed by atoms with van der Waals surface area (Å²) in [5.74, 6) is 0.228. The number of amides is 1. The Bertz CT molecular complexity index is 182. The second kappa shape index (κ2) is 4.58. The van der Waals surface area contributed by atoms with Gasteiger partial charge in [-0.3, -0.25) is 10.2 Å². The molecule has 4 heteroatoms. The number of nitrogens with zero attached hydrogens (tertiary/aromatic N) is 1. The summed E-state index contributed by atoms with van der Waals surface area (Å²) < 4.78 is 0. The van der Waals surface area contributed by atoms with Crippen LogP contribution in [0.5, 0.6) is 0 Å². The summed E-state index contributed by atoms with van der Waals surface area (Å²) in [6, 6.07) is 0.215. The zero-order chi connectivity index (χ0) is 9.84. The molecule has 0 bridgehead atoms. The lowest BCUT2D eigenvalue weighted by Gasteiger charge is -2.26. The fraction of sp³-hybridized carbons (Fsp3) is 0.889. The molecule has 0 spiro atoms.